The Kier molecular flexibility index (Phi) is 4.15. The summed E-state index contributed by atoms with van der Waals surface area (Å²) in [4.78, 5) is 8.30. The first kappa shape index (κ1) is 11.6. The number of rotatable bonds is 4. The summed E-state index contributed by atoms with van der Waals surface area (Å²) in [6.45, 7) is 6.88. The van der Waals surface area contributed by atoms with Crippen LogP contribution in [0.3, 0.4) is 0 Å². The molecule has 1 aromatic heterocycles. The fraction of sp³-hybridized carbons (Fsp3) is 0.600. The molecule has 0 aromatic carbocycles. The van der Waals surface area contributed by atoms with E-state index < -0.39 is 0 Å². The molecule has 0 fully saturated rings. The topological polar surface area (TPSA) is 68.2 Å². The lowest BCUT2D eigenvalue weighted by molar-refractivity contribution is 0.585. The van der Waals surface area contributed by atoms with E-state index >= 15 is 0 Å². The van der Waals surface area contributed by atoms with Crippen molar-refractivity contribution >= 4 is 5.96 Å². The number of hydrogen-bond acceptors (Lipinski definition) is 2. The van der Waals surface area contributed by atoms with E-state index in [1.807, 2.05) is 31.5 Å². The molecular formula is C10H19N5. The van der Waals surface area contributed by atoms with Crippen molar-refractivity contribution in [2.45, 2.75) is 39.4 Å². The molecule has 15 heavy (non-hydrogen) atoms. The Morgan fingerprint density at radius 2 is 2.27 bits per heavy atom. The lowest BCUT2D eigenvalue weighted by Crippen LogP contribution is -2.37. The molecule has 0 amide bonds. The second-order valence-electron chi connectivity index (χ2n) is 3.92. The van der Waals surface area contributed by atoms with Crippen molar-refractivity contribution in [2.24, 2.45) is 10.7 Å². The van der Waals surface area contributed by atoms with Crippen molar-refractivity contribution in [3.05, 3.63) is 18.7 Å². The van der Waals surface area contributed by atoms with Gasteiger partial charge in [-0.3, -0.25) is 0 Å². The third-order valence-corrected chi connectivity index (χ3v) is 1.83. The molecule has 3 N–H and O–H groups in total. The number of aromatic nitrogens is 2. The first-order valence-corrected chi connectivity index (χ1v) is 5.13. The molecule has 0 spiro atoms. The molecule has 0 aliphatic carbocycles. The van der Waals surface area contributed by atoms with Crippen LogP contribution >= 0.6 is 0 Å². The average Bonchev–Trinajstić information content (AvgIpc) is 2.53. The van der Waals surface area contributed by atoms with Crippen LogP contribution in [0.2, 0.25) is 0 Å². The van der Waals surface area contributed by atoms with E-state index in [9.17, 15) is 0 Å². The normalized spacial score (nSPS) is 14.3. The van der Waals surface area contributed by atoms with Gasteiger partial charge in [0, 0.05) is 25.0 Å². The highest BCUT2D eigenvalue weighted by Crippen LogP contribution is 1.95. The largest absolute Gasteiger partial charge is 0.370 e. The van der Waals surface area contributed by atoms with E-state index in [4.69, 9.17) is 5.73 Å². The van der Waals surface area contributed by atoms with Crippen LogP contribution in [0, 0.1) is 0 Å². The van der Waals surface area contributed by atoms with Crippen LogP contribution < -0.4 is 11.1 Å². The third kappa shape index (κ3) is 4.49. The van der Waals surface area contributed by atoms with Gasteiger partial charge < -0.3 is 15.6 Å². The molecule has 1 aromatic rings. The van der Waals surface area contributed by atoms with Crippen molar-refractivity contribution in [2.75, 3.05) is 0 Å². The van der Waals surface area contributed by atoms with Crippen molar-refractivity contribution in [1.29, 1.82) is 0 Å². The van der Waals surface area contributed by atoms with Crippen molar-refractivity contribution < 1.29 is 0 Å². The summed E-state index contributed by atoms with van der Waals surface area (Å²) >= 11 is 0. The van der Waals surface area contributed by atoms with E-state index in [0.29, 0.717) is 12.0 Å². The molecule has 1 heterocycles. The van der Waals surface area contributed by atoms with Gasteiger partial charge in [0.05, 0.1) is 12.4 Å². The van der Waals surface area contributed by atoms with Crippen molar-refractivity contribution in [1.82, 2.24) is 14.9 Å². The van der Waals surface area contributed by atoms with E-state index in [1.165, 1.54) is 0 Å². The fourth-order valence-corrected chi connectivity index (χ4v) is 1.31. The highest BCUT2D eigenvalue weighted by atomic mass is 15.1. The predicted octanol–water partition coefficient (Wildman–Crippen LogP) is 0.584. The molecule has 0 radical (unpaired) electrons. The summed E-state index contributed by atoms with van der Waals surface area (Å²) in [5.41, 5.74) is 5.72. The zero-order valence-corrected chi connectivity index (χ0v) is 9.51. The molecule has 0 aliphatic heterocycles. The van der Waals surface area contributed by atoms with Gasteiger partial charge in [-0.15, -0.1) is 0 Å². The highest BCUT2D eigenvalue weighted by molar-refractivity contribution is 5.78. The van der Waals surface area contributed by atoms with E-state index in [2.05, 4.69) is 15.3 Å². The van der Waals surface area contributed by atoms with Crippen LogP contribution in [0.1, 0.15) is 20.8 Å². The van der Waals surface area contributed by atoms with Gasteiger partial charge in [-0.2, -0.15) is 0 Å². The van der Waals surface area contributed by atoms with Crippen LogP contribution in [0.5, 0.6) is 0 Å². The van der Waals surface area contributed by atoms with Gasteiger partial charge in [0.25, 0.3) is 0 Å². The van der Waals surface area contributed by atoms with Gasteiger partial charge in [-0.1, -0.05) is 0 Å². The van der Waals surface area contributed by atoms with Crippen molar-refractivity contribution in [3.63, 3.8) is 0 Å². The summed E-state index contributed by atoms with van der Waals surface area (Å²) in [7, 11) is 0. The van der Waals surface area contributed by atoms with Gasteiger partial charge in [0.2, 0.25) is 0 Å². The minimum absolute atomic E-state index is 0.144. The van der Waals surface area contributed by atoms with E-state index in [-0.39, 0.29) is 6.04 Å². The second-order valence-corrected chi connectivity index (χ2v) is 3.92. The van der Waals surface area contributed by atoms with Crippen LogP contribution in [-0.4, -0.2) is 27.6 Å². The van der Waals surface area contributed by atoms with Gasteiger partial charge in [0.1, 0.15) is 0 Å². The number of guanidine groups is 1. The monoisotopic (exact) mass is 209 g/mol. The molecule has 0 bridgehead atoms. The minimum Gasteiger partial charge on any atom is -0.370 e. The Balaban J connectivity index is 2.44. The minimum atomic E-state index is 0.144. The highest BCUT2D eigenvalue weighted by Gasteiger charge is 2.02. The molecule has 0 aliphatic rings. The van der Waals surface area contributed by atoms with Gasteiger partial charge in [0.15, 0.2) is 5.96 Å². The lowest BCUT2D eigenvalue weighted by atomic mass is 10.3. The van der Waals surface area contributed by atoms with Crippen LogP contribution in [0.15, 0.2) is 23.7 Å². The molecule has 0 saturated heterocycles. The maximum atomic E-state index is 5.72. The molecular weight excluding hydrogens is 190 g/mol. The quantitative estimate of drug-likeness (QED) is 0.563. The number of imidazole rings is 1. The standard InChI is InChI=1S/C10H19N5/c1-8(2)13-10(11)14-9(3)6-15-5-4-12-7-15/h4-5,7-9H,6H2,1-3H3,(H3,11,13,14). The van der Waals surface area contributed by atoms with Crippen LogP contribution in [0.4, 0.5) is 0 Å². The lowest BCUT2D eigenvalue weighted by Gasteiger charge is -2.12. The Morgan fingerprint density at radius 3 is 2.80 bits per heavy atom. The maximum absolute atomic E-state index is 5.72. The Bertz CT molecular complexity index is 302. The number of hydrogen-bond donors (Lipinski definition) is 2. The summed E-state index contributed by atoms with van der Waals surface area (Å²) < 4.78 is 1.98. The Morgan fingerprint density at radius 1 is 1.53 bits per heavy atom. The Labute approximate surface area is 90.4 Å². The second kappa shape index (κ2) is 5.38. The number of nitrogens with zero attached hydrogens (tertiary/aromatic N) is 3. The van der Waals surface area contributed by atoms with Gasteiger partial charge in [-0.05, 0) is 20.8 Å². The zero-order valence-electron chi connectivity index (χ0n) is 9.51. The van der Waals surface area contributed by atoms with Gasteiger partial charge >= 0.3 is 0 Å². The van der Waals surface area contributed by atoms with Crippen LogP contribution in [-0.2, 0) is 6.54 Å². The maximum Gasteiger partial charge on any atom is 0.189 e. The number of nitrogens with one attached hydrogen (secondary N) is 1. The molecule has 84 valence electrons. The van der Waals surface area contributed by atoms with E-state index in [1.54, 1.807) is 12.5 Å². The number of aliphatic imine (C=N–C) groups is 1. The van der Waals surface area contributed by atoms with Crippen LogP contribution in [0.25, 0.3) is 0 Å². The Hall–Kier alpha value is -1.52. The smallest absolute Gasteiger partial charge is 0.189 e. The summed E-state index contributed by atoms with van der Waals surface area (Å²) in [5, 5.41) is 3.06. The fourth-order valence-electron chi connectivity index (χ4n) is 1.31. The third-order valence-electron chi connectivity index (χ3n) is 1.83. The number of nitrogens with two attached hydrogens (primary N) is 1. The first-order chi connectivity index (χ1) is 7.08. The SMILES string of the molecule is CC(Cn1ccnc1)N=C(N)NC(C)C. The summed E-state index contributed by atoms with van der Waals surface area (Å²) in [6.07, 6.45) is 5.45. The zero-order chi connectivity index (χ0) is 11.3. The average molecular weight is 209 g/mol. The molecule has 0 saturated carbocycles. The predicted molar refractivity (Wildman–Crippen MR) is 61.6 cm³/mol. The van der Waals surface area contributed by atoms with Gasteiger partial charge in [-0.25, -0.2) is 9.98 Å². The summed E-state index contributed by atoms with van der Waals surface area (Å²) in [5.74, 6) is 0.498. The molecule has 1 atom stereocenters. The molecule has 5 heteroatoms. The summed E-state index contributed by atoms with van der Waals surface area (Å²) in [6, 6.07) is 0.458. The van der Waals surface area contributed by atoms with Crippen molar-refractivity contribution in [3.8, 4) is 0 Å². The van der Waals surface area contributed by atoms with E-state index in [0.717, 1.165) is 6.54 Å². The first-order valence-electron chi connectivity index (χ1n) is 5.13. The molecule has 1 unspecified atom stereocenters. The molecule has 5 nitrogen and oxygen atoms in total. The molecule has 1 rings (SSSR count).